The number of benzene rings is 2. The highest BCUT2D eigenvalue weighted by Crippen LogP contribution is 2.38. The molecule has 1 aliphatic heterocycles. The molecule has 0 bridgehead atoms. The molecule has 0 N–H and O–H groups in total. The van der Waals surface area contributed by atoms with Gasteiger partial charge in [-0.05, 0) is 53.2 Å². The number of amides is 2. The van der Waals surface area contributed by atoms with Crippen molar-refractivity contribution >= 4 is 75.4 Å². The summed E-state index contributed by atoms with van der Waals surface area (Å²) in [5.74, 6) is -0.0796. The van der Waals surface area contributed by atoms with Gasteiger partial charge in [0.05, 0.1) is 38.1 Å². The van der Waals surface area contributed by atoms with Gasteiger partial charge < -0.3 is 9.47 Å². The molecule has 1 aliphatic rings. The summed E-state index contributed by atoms with van der Waals surface area (Å²) in [4.78, 5) is 25.9. The number of carbonyl (C=O) groups is 2. The second kappa shape index (κ2) is 10.3. The average molecular weight is 507 g/mol. The molecule has 30 heavy (non-hydrogen) atoms. The molecule has 5 nitrogen and oxygen atoms in total. The summed E-state index contributed by atoms with van der Waals surface area (Å²) in [5.41, 5.74) is 1.37. The maximum atomic E-state index is 12.4. The molecule has 2 aromatic rings. The zero-order valence-electron chi connectivity index (χ0n) is 15.6. The van der Waals surface area contributed by atoms with E-state index in [1.807, 2.05) is 0 Å². The molecule has 10 heteroatoms. The minimum Gasteiger partial charge on any atom is -0.486 e. The Morgan fingerprint density at radius 2 is 1.70 bits per heavy atom. The highest BCUT2D eigenvalue weighted by Gasteiger charge is 2.34. The number of carbonyl (C=O) groups excluding carboxylic acids is 2. The van der Waals surface area contributed by atoms with Crippen molar-refractivity contribution in [1.82, 2.24) is 4.90 Å². The van der Waals surface area contributed by atoms with Gasteiger partial charge in [0.15, 0.2) is 5.75 Å². The van der Waals surface area contributed by atoms with E-state index in [-0.39, 0.29) is 45.9 Å². The number of ether oxygens (including phenoxy) is 2. The first kappa shape index (κ1) is 23.3. The van der Waals surface area contributed by atoms with Crippen molar-refractivity contribution in [2.45, 2.75) is 6.61 Å². The maximum Gasteiger partial charge on any atom is 0.293 e. The third-order valence-corrected chi connectivity index (χ3v) is 6.29. The zero-order valence-corrected chi connectivity index (χ0v) is 19.4. The summed E-state index contributed by atoms with van der Waals surface area (Å²) in [7, 11) is 1.50. The Bertz CT molecular complexity index is 1000. The van der Waals surface area contributed by atoms with Crippen LogP contribution in [0.5, 0.6) is 5.75 Å². The van der Waals surface area contributed by atoms with E-state index in [0.717, 1.165) is 22.2 Å². The van der Waals surface area contributed by atoms with E-state index < -0.39 is 0 Å². The molecule has 0 saturated carbocycles. The van der Waals surface area contributed by atoms with Crippen molar-refractivity contribution in [3.05, 3.63) is 66.5 Å². The van der Waals surface area contributed by atoms with Crippen LogP contribution in [0.3, 0.4) is 0 Å². The van der Waals surface area contributed by atoms with Crippen molar-refractivity contribution in [2.24, 2.45) is 0 Å². The number of rotatable bonds is 7. The maximum absolute atomic E-state index is 12.4. The molecule has 3 rings (SSSR count). The molecule has 1 fully saturated rings. The summed E-state index contributed by atoms with van der Waals surface area (Å²) in [6.07, 6.45) is 1.57. The molecule has 0 radical (unpaired) electrons. The largest absolute Gasteiger partial charge is 0.486 e. The van der Waals surface area contributed by atoms with Crippen LogP contribution in [0.1, 0.15) is 11.1 Å². The molecular weight excluding hydrogens is 492 g/mol. The van der Waals surface area contributed by atoms with Crippen LogP contribution >= 0.6 is 58.2 Å². The van der Waals surface area contributed by atoms with Crippen LogP contribution in [0.4, 0.5) is 4.79 Å². The molecule has 1 saturated heterocycles. The van der Waals surface area contributed by atoms with E-state index in [0.29, 0.717) is 21.4 Å². The Kier molecular flexibility index (Phi) is 7.96. The lowest BCUT2D eigenvalue weighted by Gasteiger charge is -2.12. The van der Waals surface area contributed by atoms with Gasteiger partial charge in [-0.2, -0.15) is 0 Å². The normalized spacial score (nSPS) is 15.4. The topological polar surface area (TPSA) is 55.8 Å². The lowest BCUT2D eigenvalue weighted by Crippen LogP contribution is -2.31. The third-order valence-electron chi connectivity index (χ3n) is 4.08. The summed E-state index contributed by atoms with van der Waals surface area (Å²) in [6.45, 7) is 0.656. The van der Waals surface area contributed by atoms with Crippen molar-refractivity contribution in [3.8, 4) is 5.75 Å². The fourth-order valence-electron chi connectivity index (χ4n) is 2.61. The van der Waals surface area contributed by atoms with Gasteiger partial charge in [-0.1, -0.05) is 52.5 Å². The Hall–Kier alpha value is -1.41. The summed E-state index contributed by atoms with van der Waals surface area (Å²) >= 11 is 25.4. The number of hydrogen-bond acceptors (Lipinski definition) is 5. The zero-order chi connectivity index (χ0) is 21.8. The molecular formula is C20H15Cl4NO4S. The van der Waals surface area contributed by atoms with E-state index >= 15 is 0 Å². The first-order chi connectivity index (χ1) is 14.3. The van der Waals surface area contributed by atoms with E-state index in [1.54, 1.807) is 36.4 Å². The van der Waals surface area contributed by atoms with E-state index in [2.05, 4.69) is 0 Å². The minimum atomic E-state index is -0.380. The Labute approximate surface area is 197 Å². The Morgan fingerprint density at radius 3 is 2.33 bits per heavy atom. The van der Waals surface area contributed by atoms with Crippen LogP contribution in [0.25, 0.3) is 6.08 Å². The molecule has 1 heterocycles. The number of hydrogen-bond donors (Lipinski definition) is 0. The quantitative estimate of drug-likeness (QED) is 0.398. The summed E-state index contributed by atoms with van der Waals surface area (Å²) < 4.78 is 10.7. The second-order valence-corrected chi connectivity index (χ2v) is 8.80. The van der Waals surface area contributed by atoms with Gasteiger partial charge in [-0.25, -0.2) is 0 Å². The van der Waals surface area contributed by atoms with Crippen molar-refractivity contribution in [3.63, 3.8) is 0 Å². The molecule has 0 atom stereocenters. The summed E-state index contributed by atoms with van der Waals surface area (Å²) in [6, 6.07) is 8.37. The second-order valence-electron chi connectivity index (χ2n) is 6.18. The molecule has 0 spiro atoms. The molecule has 0 aliphatic carbocycles. The monoisotopic (exact) mass is 505 g/mol. The molecule has 0 unspecified atom stereocenters. The van der Waals surface area contributed by atoms with Crippen LogP contribution in [-0.2, 0) is 16.1 Å². The van der Waals surface area contributed by atoms with Crippen molar-refractivity contribution in [2.75, 3.05) is 20.3 Å². The van der Waals surface area contributed by atoms with Crippen LogP contribution in [-0.4, -0.2) is 36.3 Å². The van der Waals surface area contributed by atoms with Gasteiger partial charge in [-0.3, -0.25) is 14.5 Å². The molecule has 158 valence electrons. The Morgan fingerprint density at radius 1 is 1.00 bits per heavy atom. The third kappa shape index (κ3) is 5.44. The number of methoxy groups -OCH3 is 1. The SMILES string of the molecule is COCCN1C(=O)S/C(=C/c2cc(Cl)c(OCc3ccc(Cl)c(Cl)c3)c(Cl)c2)C1=O. The molecule has 0 aromatic heterocycles. The lowest BCUT2D eigenvalue weighted by molar-refractivity contribution is -0.123. The van der Waals surface area contributed by atoms with Gasteiger partial charge in [0.25, 0.3) is 11.1 Å². The first-order valence-electron chi connectivity index (χ1n) is 8.60. The predicted molar refractivity (Wildman–Crippen MR) is 122 cm³/mol. The fraction of sp³-hybridized carbons (Fsp3) is 0.200. The lowest BCUT2D eigenvalue weighted by atomic mass is 10.2. The van der Waals surface area contributed by atoms with Crippen LogP contribution in [0.15, 0.2) is 35.2 Å². The number of nitrogens with zero attached hydrogens (tertiary/aromatic N) is 1. The van der Waals surface area contributed by atoms with Gasteiger partial charge in [0.1, 0.15) is 6.61 Å². The highest BCUT2D eigenvalue weighted by molar-refractivity contribution is 8.18. The smallest absolute Gasteiger partial charge is 0.293 e. The van der Waals surface area contributed by atoms with Crippen molar-refractivity contribution < 1.29 is 19.1 Å². The van der Waals surface area contributed by atoms with E-state index in [9.17, 15) is 9.59 Å². The Balaban J connectivity index is 1.76. The molecule has 2 aromatic carbocycles. The standard InChI is InChI=1S/C20H15Cl4NO4S/c1-28-5-4-25-19(26)17(30-20(25)27)9-12-7-15(23)18(16(24)8-12)29-10-11-2-3-13(21)14(22)6-11/h2-3,6-9H,4-5,10H2,1H3/b17-9+. The number of thioether (sulfide) groups is 1. The average Bonchev–Trinajstić information content (AvgIpc) is 2.95. The predicted octanol–water partition coefficient (Wildman–Crippen LogP) is 6.56. The van der Waals surface area contributed by atoms with Gasteiger partial charge in [0, 0.05) is 7.11 Å². The van der Waals surface area contributed by atoms with Crippen LogP contribution < -0.4 is 4.74 Å². The van der Waals surface area contributed by atoms with Crippen LogP contribution in [0.2, 0.25) is 20.1 Å². The first-order valence-corrected chi connectivity index (χ1v) is 10.9. The van der Waals surface area contributed by atoms with Crippen LogP contribution in [0, 0.1) is 0 Å². The molecule has 2 amide bonds. The van der Waals surface area contributed by atoms with Gasteiger partial charge in [-0.15, -0.1) is 0 Å². The van der Waals surface area contributed by atoms with Crippen molar-refractivity contribution in [1.29, 1.82) is 0 Å². The fourth-order valence-corrected chi connectivity index (χ4v) is 4.41. The van der Waals surface area contributed by atoms with E-state index in [4.69, 9.17) is 55.9 Å². The van der Waals surface area contributed by atoms with Gasteiger partial charge >= 0.3 is 0 Å². The van der Waals surface area contributed by atoms with Gasteiger partial charge in [0.2, 0.25) is 0 Å². The summed E-state index contributed by atoms with van der Waals surface area (Å²) in [5, 5.41) is 1.07. The number of imide groups is 1. The minimum absolute atomic E-state index is 0.189. The number of halogens is 4. The highest BCUT2D eigenvalue weighted by atomic mass is 35.5. The van der Waals surface area contributed by atoms with E-state index in [1.165, 1.54) is 7.11 Å².